The summed E-state index contributed by atoms with van der Waals surface area (Å²) < 4.78 is 43.8. The molecule has 0 unspecified atom stereocenters. The number of sulfonamides is 1. The van der Waals surface area contributed by atoms with Crippen LogP contribution in [0.1, 0.15) is 21.3 Å². The van der Waals surface area contributed by atoms with Gasteiger partial charge in [0.25, 0.3) is 10.0 Å². The molecule has 2 atom stereocenters. The lowest BCUT2D eigenvalue weighted by atomic mass is 10.1. The monoisotopic (exact) mass is 529 g/mol. The van der Waals surface area contributed by atoms with E-state index in [0.29, 0.717) is 30.3 Å². The zero-order valence-corrected chi connectivity index (χ0v) is 21.5. The number of thiazole rings is 1. The Morgan fingerprint density at radius 1 is 1.19 bits per heavy atom. The van der Waals surface area contributed by atoms with Crippen molar-refractivity contribution in [1.29, 1.82) is 0 Å². The molecule has 1 aliphatic heterocycles. The average Bonchev–Trinajstić information content (AvgIpc) is 3.53. The third-order valence-electron chi connectivity index (χ3n) is 6.54. The highest BCUT2D eigenvalue weighted by molar-refractivity contribution is 7.93. The number of nitrogens with zero attached hydrogens (tertiary/aromatic N) is 4. The Hall–Kier alpha value is -3.44. The van der Waals surface area contributed by atoms with Gasteiger partial charge in [0.05, 0.1) is 10.4 Å². The molecule has 36 heavy (non-hydrogen) atoms. The lowest BCUT2D eigenvalue weighted by molar-refractivity contribution is -0.136. The first-order chi connectivity index (χ1) is 17.2. The summed E-state index contributed by atoms with van der Waals surface area (Å²) in [5, 5.41) is 2.78. The molecule has 1 amide bonds. The van der Waals surface area contributed by atoms with Crippen LogP contribution in [0, 0.1) is 5.82 Å². The second-order valence-corrected chi connectivity index (χ2v) is 11.4. The van der Waals surface area contributed by atoms with Crippen molar-refractivity contribution in [2.24, 2.45) is 0 Å². The summed E-state index contributed by atoms with van der Waals surface area (Å²) in [5.41, 5.74) is 1.32. The van der Waals surface area contributed by atoms with Crippen LogP contribution in [0.3, 0.4) is 0 Å². The van der Waals surface area contributed by atoms with Crippen LogP contribution in [0.15, 0.2) is 71.2 Å². The molecule has 8 nitrogen and oxygen atoms in total. The first kappa shape index (κ1) is 24.3. The zero-order chi connectivity index (χ0) is 25.4. The molecule has 5 rings (SSSR count). The fourth-order valence-corrected chi connectivity index (χ4v) is 6.45. The van der Waals surface area contributed by atoms with Crippen molar-refractivity contribution < 1.29 is 19.0 Å². The molecule has 2 aromatic carbocycles. The third-order valence-corrected chi connectivity index (χ3v) is 8.71. The molecular formula is C25H28FN5O3S2. The summed E-state index contributed by atoms with van der Waals surface area (Å²) in [7, 11) is -3.71. The van der Waals surface area contributed by atoms with Gasteiger partial charge in [0, 0.05) is 56.0 Å². The zero-order valence-electron chi connectivity index (χ0n) is 19.8. The molecule has 0 radical (unpaired) electrons. The van der Waals surface area contributed by atoms with Crippen LogP contribution in [0.25, 0.3) is 10.9 Å². The van der Waals surface area contributed by atoms with E-state index in [1.165, 1.54) is 23.6 Å². The molecule has 0 aliphatic carbocycles. The molecule has 3 heterocycles. The summed E-state index contributed by atoms with van der Waals surface area (Å²) in [4.78, 5) is 21.5. The van der Waals surface area contributed by atoms with Gasteiger partial charge in [-0.1, -0.05) is 12.1 Å². The lowest BCUT2D eigenvalue weighted by Crippen LogP contribution is -2.55. The Morgan fingerprint density at radius 3 is 2.67 bits per heavy atom. The fourth-order valence-electron chi connectivity index (χ4n) is 4.66. The number of aromatic nitrogens is 2. The van der Waals surface area contributed by atoms with Crippen LogP contribution >= 0.6 is 11.3 Å². The van der Waals surface area contributed by atoms with Crippen molar-refractivity contribution in [3.8, 4) is 0 Å². The maximum Gasteiger partial charge on any atom is 0.263 e. The van der Waals surface area contributed by atoms with E-state index >= 15 is 0 Å². The quantitative estimate of drug-likeness (QED) is 0.395. The number of fused-ring (bicyclic) bond motifs is 1. The maximum absolute atomic E-state index is 14.5. The van der Waals surface area contributed by atoms with Crippen LogP contribution in [0.5, 0.6) is 0 Å². The predicted octanol–water partition coefficient (Wildman–Crippen LogP) is 4.58. The smallest absolute Gasteiger partial charge is 0.263 e. The van der Waals surface area contributed by atoms with E-state index < -0.39 is 16.1 Å². The minimum Gasteiger partial charge on any atom is -0.368 e. The van der Waals surface area contributed by atoms with Gasteiger partial charge in [-0.3, -0.25) is 9.52 Å². The number of benzene rings is 2. The number of hydrogen-bond donors (Lipinski definition) is 1. The third kappa shape index (κ3) is 4.56. The number of amides is 1. The van der Waals surface area contributed by atoms with Crippen molar-refractivity contribution in [2.75, 3.05) is 29.3 Å². The summed E-state index contributed by atoms with van der Waals surface area (Å²) in [6.45, 7) is 5.50. The molecule has 1 saturated heterocycles. The Morgan fingerprint density at radius 2 is 1.97 bits per heavy atom. The Kier molecular flexibility index (Phi) is 6.44. The number of piperazine rings is 1. The molecule has 0 bridgehead atoms. The number of para-hydroxylation sites is 1. The predicted molar refractivity (Wildman–Crippen MR) is 141 cm³/mol. The summed E-state index contributed by atoms with van der Waals surface area (Å²) >= 11 is 1.21. The standard InChI is InChI=1S/C25H26FN5O3S2.H2/c1-17-16-29(20-6-8-21(9-7-20)36(33,34)28-25-27-11-15-35-25)13-14-30(17)24(32)18(2)31-12-10-19-4-3-5-22(26)23(19)31;/h3-12,15,17-18H,13-14,16H2,1-2H3,(H,27,28);1H/t17-,18-;/m0./s1. The number of nitrogens with one attached hydrogen (secondary N) is 1. The van der Waals surface area contributed by atoms with Crippen molar-refractivity contribution in [3.63, 3.8) is 0 Å². The van der Waals surface area contributed by atoms with E-state index in [9.17, 15) is 17.6 Å². The number of anilines is 2. The highest BCUT2D eigenvalue weighted by Gasteiger charge is 2.31. The van der Waals surface area contributed by atoms with Gasteiger partial charge in [0.2, 0.25) is 5.91 Å². The van der Waals surface area contributed by atoms with E-state index in [-0.39, 0.29) is 24.1 Å². The van der Waals surface area contributed by atoms with Gasteiger partial charge < -0.3 is 14.4 Å². The van der Waals surface area contributed by atoms with Gasteiger partial charge in [-0.2, -0.15) is 0 Å². The van der Waals surface area contributed by atoms with Crippen LogP contribution in [-0.4, -0.2) is 54.5 Å². The van der Waals surface area contributed by atoms with Crippen molar-refractivity contribution in [1.82, 2.24) is 14.5 Å². The molecule has 1 fully saturated rings. The molecular weight excluding hydrogens is 501 g/mol. The maximum atomic E-state index is 14.5. The van der Waals surface area contributed by atoms with E-state index in [1.54, 1.807) is 53.4 Å². The van der Waals surface area contributed by atoms with E-state index in [2.05, 4.69) is 14.6 Å². The first-order valence-electron chi connectivity index (χ1n) is 11.6. The number of halogens is 1. The normalized spacial score (nSPS) is 17.4. The largest absolute Gasteiger partial charge is 0.368 e. The Labute approximate surface area is 214 Å². The number of carbonyl (C=O) groups is 1. The highest BCUT2D eigenvalue weighted by atomic mass is 32.2. The molecule has 11 heteroatoms. The van der Waals surface area contributed by atoms with Crippen molar-refractivity contribution in [3.05, 3.63) is 72.1 Å². The van der Waals surface area contributed by atoms with Crippen LogP contribution in [-0.2, 0) is 14.8 Å². The Balaban J connectivity index is 0.00000320. The molecule has 0 spiro atoms. The minimum absolute atomic E-state index is 0. The van der Waals surface area contributed by atoms with Gasteiger partial charge in [0.15, 0.2) is 5.13 Å². The average molecular weight is 530 g/mol. The van der Waals surface area contributed by atoms with Crippen molar-refractivity contribution in [2.45, 2.75) is 30.8 Å². The summed E-state index contributed by atoms with van der Waals surface area (Å²) in [6.07, 6.45) is 3.30. The number of rotatable bonds is 6. The van der Waals surface area contributed by atoms with Gasteiger partial charge in [-0.15, -0.1) is 11.3 Å². The summed E-state index contributed by atoms with van der Waals surface area (Å²) in [6, 6.07) is 12.8. The fraction of sp³-hybridized carbons (Fsp3) is 0.280. The van der Waals surface area contributed by atoms with E-state index in [1.807, 2.05) is 24.0 Å². The molecule has 1 aliphatic rings. The van der Waals surface area contributed by atoms with Gasteiger partial charge >= 0.3 is 0 Å². The van der Waals surface area contributed by atoms with Gasteiger partial charge in [-0.25, -0.2) is 17.8 Å². The SMILES string of the molecule is C[C@H]1CN(c2ccc(S(=O)(=O)Nc3nccs3)cc2)CCN1C(=O)[C@H](C)n1ccc2cccc(F)c21.[HH]. The van der Waals surface area contributed by atoms with Gasteiger partial charge in [0.1, 0.15) is 11.9 Å². The van der Waals surface area contributed by atoms with Crippen LogP contribution in [0.4, 0.5) is 15.2 Å². The molecule has 190 valence electrons. The number of carbonyl (C=O) groups excluding carboxylic acids is 1. The van der Waals surface area contributed by atoms with Crippen LogP contribution in [0.2, 0.25) is 0 Å². The topological polar surface area (TPSA) is 87.5 Å². The second-order valence-electron chi connectivity index (χ2n) is 8.84. The van der Waals surface area contributed by atoms with Crippen molar-refractivity contribution >= 4 is 49.0 Å². The lowest BCUT2D eigenvalue weighted by Gasteiger charge is -2.42. The molecule has 2 aromatic heterocycles. The second kappa shape index (κ2) is 9.55. The van der Waals surface area contributed by atoms with Crippen LogP contribution < -0.4 is 9.62 Å². The van der Waals surface area contributed by atoms with E-state index in [4.69, 9.17) is 0 Å². The van der Waals surface area contributed by atoms with Gasteiger partial charge in [-0.05, 0) is 50.2 Å². The summed E-state index contributed by atoms with van der Waals surface area (Å²) in [5.74, 6) is -0.403. The minimum atomic E-state index is -3.71. The molecule has 0 saturated carbocycles. The first-order valence-corrected chi connectivity index (χ1v) is 13.9. The molecule has 4 aromatic rings. The highest BCUT2D eigenvalue weighted by Crippen LogP contribution is 2.27. The molecule has 1 N–H and O–H groups in total. The Bertz CT molecular complexity index is 1490. The number of hydrogen-bond acceptors (Lipinski definition) is 6. The van der Waals surface area contributed by atoms with E-state index in [0.717, 1.165) is 11.1 Å².